The average molecular weight is 320 g/mol. The van der Waals surface area contributed by atoms with Crippen LogP contribution in [0.25, 0.3) is 0 Å². The number of rotatable bonds is 6. The summed E-state index contributed by atoms with van der Waals surface area (Å²) in [6, 6.07) is 8.14. The summed E-state index contributed by atoms with van der Waals surface area (Å²) in [5.41, 5.74) is 1.24. The van der Waals surface area contributed by atoms with Gasteiger partial charge in [-0.3, -0.25) is 0 Å². The van der Waals surface area contributed by atoms with Crippen LogP contribution >= 0.6 is 0 Å². The van der Waals surface area contributed by atoms with Gasteiger partial charge >= 0.3 is 6.03 Å². The van der Waals surface area contributed by atoms with Crippen LogP contribution in [0.2, 0.25) is 0 Å². The summed E-state index contributed by atoms with van der Waals surface area (Å²) in [4.78, 5) is 11.9. The minimum Gasteiger partial charge on any atom is -0.497 e. The molecule has 1 aromatic rings. The van der Waals surface area contributed by atoms with Gasteiger partial charge in [-0.05, 0) is 55.7 Å². The van der Waals surface area contributed by atoms with Gasteiger partial charge in [0.1, 0.15) is 5.75 Å². The van der Waals surface area contributed by atoms with Crippen LogP contribution < -0.4 is 15.4 Å². The van der Waals surface area contributed by atoms with Crippen LogP contribution in [-0.2, 0) is 0 Å². The first-order valence-corrected chi connectivity index (χ1v) is 8.45. The van der Waals surface area contributed by atoms with E-state index in [9.17, 15) is 9.90 Å². The number of aliphatic hydroxyl groups is 1. The Hall–Kier alpha value is -1.75. The molecule has 1 unspecified atom stereocenters. The van der Waals surface area contributed by atoms with E-state index in [-0.39, 0.29) is 18.2 Å². The van der Waals surface area contributed by atoms with E-state index in [0.717, 1.165) is 37.9 Å². The van der Waals surface area contributed by atoms with Gasteiger partial charge in [-0.2, -0.15) is 0 Å². The van der Waals surface area contributed by atoms with Crippen LogP contribution in [0, 0.1) is 0 Å². The molecule has 0 spiro atoms. The number of urea groups is 1. The molecule has 1 aliphatic carbocycles. The molecule has 1 aliphatic rings. The number of methoxy groups -OCH3 is 1. The fraction of sp³-hybridized carbons (Fsp3) is 0.611. The normalized spacial score (nSPS) is 22.2. The van der Waals surface area contributed by atoms with Gasteiger partial charge in [-0.15, -0.1) is 0 Å². The number of aliphatic hydroxyl groups excluding tert-OH is 1. The van der Waals surface area contributed by atoms with Crippen molar-refractivity contribution in [3.8, 4) is 5.75 Å². The lowest BCUT2D eigenvalue weighted by molar-refractivity contribution is 0.117. The monoisotopic (exact) mass is 320 g/mol. The van der Waals surface area contributed by atoms with Crippen molar-refractivity contribution in [1.82, 2.24) is 10.6 Å². The van der Waals surface area contributed by atoms with Crippen LogP contribution in [0.3, 0.4) is 0 Å². The van der Waals surface area contributed by atoms with E-state index in [0.29, 0.717) is 12.5 Å². The number of hydrogen-bond acceptors (Lipinski definition) is 3. The summed E-state index contributed by atoms with van der Waals surface area (Å²) in [6.07, 6.45) is 3.97. The Labute approximate surface area is 138 Å². The van der Waals surface area contributed by atoms with Gasteiger partial charge in [0.05, 0.1) is 13.2 Å². The lowest BCUT2D eigenvalue weighted by Crippen LogP contribution is -2.44. The maximum Gasteiger partial charge on any atom is 0.315 e. The summed E-state index contributed by atoms with van der Waals surface area (Å²) >= 11 is 0. The smallest absolute Gasteiger partial charge is 0.315 e. The second kappa shape index (κ2) is 8.77. The summed E-state index contributed by atoms with van der Waals surface area (Å²) < 4.78 is 5.16. The molecule has 0 aliphatic heterocycles. The zero-order valence-corrected chi connectivity index (χ0v) is 14.0. The van der Waals surface area contributed by atoms with Gasteiger partial charge in [0.2, 0.25) is 0 Å². The second-order valence-electron chi connectivity index (χ2n) is 6.37. The molecule has 3 N–H and O–H groups in total. The van der Waals surface area contributed by atoms with Gasteiger partial charge in [-0.1, -0.05) is 19.1 Å². The Morgan fingerprint density at radius 2 is 1.91 bits per heavy atom. The highest BCUT2D eigenvalue weighted by Gasteiger charge is 2.20. The number of benzene rings is 1. The maximum atomic E-state index is 11.9. The minimum absolute atomic E-state index is 0.103. The highest BCUT2D eigenvalue weighted by atomic mass is 16.5. The van der Waals surface area contributed by atoms with Crippen molar-refractivity contribution in [1.29, 1.82) is 0 Å². The number of carbonyl (C=O) groups is 1. The fourth-order valence-corrected chi connectivity index (χ4v) is 2.96. The Kier molecular flexibility index (Phi) is 6.71. The van der Waals surface area contributed by atoms with Crippen LogP contribution in [0.5, 0.6) is 5.75 Å². The van der Waals surface area contributed by atoms with Crippen molar-refractivity contribution in [3.05, 3.63) is 29.8 Å². The highest BCUT2D eigenvalue weighted by molar-refractivity contribution is 5.74. The van der Waals surface area contributed by atoms with Crippen molar-refractivity contribution in [2.45, 2.75) is 57.1 Å². The van der Waals surface area contributed by atoms with Gasteiger partial charge in [0, 0.05) is 12.6 Å². The predicted octanol–water partition coefficient (Wildman–Crippen LogP) is 2.79. The van der Waals surface area contributed by atoms with E-state index in [4.69, 9.17) is 4.74 Å². The zero-order chi connectivity index (χ0) is 16.7. The Morgan fingerprint density at radius 1 is 1.26 bits per heavy atom. The number of hydrogen-bond donors (Lipinski definition) is 3. The molecule has 128 valence electrons. The molecule has 5 heteroatoms. The molecule has 1 aromatic carbocycles. The van der Waals surface area contributed by atoms with Crippen LogP contribution in [0.1, 0.15) is 50.5 Å². The molecule has 0 bridgehead atoms. The van der Waals surface area contributed by atoms with Crippen LogP contribution in [-0.4, -0.2) is 36.9 Å². The van der Waals surface area contributed by atoms with Crippen LogP contribution in [0.15, 0.2) is 24.3 Å². The molecule has 0 aromatic heterocycles. The van der Waals surface area contributed by atoms with E-state index < -0.39 is 0 Å². The molecular formula is C18H28N2O3. The zero-order valence-electron chi connectivity index (χ0n) is 14.0. The number of ether oxygens (including phenoxy) is 1. The molecule has 23 heavy (non-hydrogen) atoms. The lowest BCUT2D eigenvalue weighted by Gasteiger charge is -2.26. The summed E-state index contributed by atoms with van der Waals surface area (Å²) in [5.74, 6) is 1.24. The third kappa shape index (κ3) is 5.75. The van der Waals surface area contributed by atoms with Gasteiger partial charge in [0.15, 0.2) is 0 Å². The number of nitrogens with one attached hydrogen (secondary N) is 2. The van der Waals surface area contributed by atoms with Crippen molar-refractivity contribution < 1.29 is 14.6 Å². The topological polar surface area (TPSA) is 70.6 Å². The third-order valence-corrected chi connectivity index (χ3v) is 4.58. The van der Waals surface area contributed by atoms with E-state index in [1.54, 1.807) is 7.11 Å². The molecule has 1 fully saturated rings. The fourth-order valence-electron chi connectivity index (χ4n) is 2.96. The van der Waals surface area contributed by atoms with E-state index in [2.05, 4.69) is 29.7 Å². The molecule has 0 heterocycles. The van der Waals surface area contributed by atoms with Gasteiger partial charge < -0.3 is 20.5 Å². The first-order chi connectivity index (χ1) is 11.1. The molecule has 2 amide bonds. The van der Waals surface area contributed by atoms with E-state index in [1.807, 2.05) is 12.1 Å². The number of amides is 2. The second-order valence-corrected chi connectivity index (χ2v) is 6.37. The summed E-state index contributed by atoms with van der Waals surface area (Å²) in [5, 5.41) is 15.4. The SMILES string of the molecule is COc1ccc(C(C)CCNC(=O)NC2CCC(O)CC2)cc1. The van der Waals surface area contributed by atoms with Crippen molar-refractivity contribution in [3.63, 3.8) is 0 Å². The molecule has 1 saturated carbocycles. The number of carbonyl (C=O) groups excluding carboxylic acids is 1. The van der Waals surface area contributed by atoms with Crippen molar-refractivity contribution in [2.75, 3.05) is 13.7 Å². The van der Waals surface area contributed by atoms with Crippen molar-refractivity contribution >= 4 is 6.03 Å². The quantitative estimate of drug-likeness (QED) is 0.755. The average Bonchev–Trinajstić information content (AvgIpc) is 2.57. The minimum atomic E-state index is -0.193. The third-order valence-electron chi connectivity index (χ3n) is 4.58. The molecule has 2 rings (SSSR count). The highest BCUT2D eigenvalue weighted by Crippen LogP contribution is 2.21. The molecule has 5 nitrogen and oxygen atoms in total. The molecular weight excluding hydrogens is 292 g/mol. The Morgan fingerprint density at radius 3 is 2.52 bits per heavy atom. The summed E-state index contributed by atoms with van der Waals surface area (Å²) in [7, 11) is 1.66. The first kappa shape index (κ1) is 17.6. The molecule has 0 radical (unpaired) electrons. The Bertz CT molecular complexity index is 482. The standard InChI is InChI=1S/C18H28N2O3/c1-13(14-3-9-17(23-2)10-4-14)11-12-19-18(22)20-15-5-7-16(21)8-6-15/h3-4,9-10,13,15-16,21H,5-8,11-12H2,1-2H3,(H2,19,20,22). The molecule has 0 saturated heterocycles. The van der Waals surface area contributed by atoms with Gasteiger partial charge in [0.25, 0.3) is 0 Å². The van der Waals surface area contributed by atoms with Crippen molar-refractivity contribution in [2.24, 2.45) is 0 Å². The van der Waals surface area contributed by atoms with E-state index in [1.165, 1.54) is 5.56 Å². The molecule has 1 atom stereocenters. The Balaban J connectivity index is 1.66. The van der Waals surface area contributed by atoms with Gasteiger partial charge in [-0.25, -0.2) is 4.79 Å². The lowest BCUT2D eigenvalue weighted by atomic mass is 9.93. The van der Waals surface area contributed by atoms with Crippen LogP contribution in [0.4, 0.5) is 4.79 Å². The van der Waals surface area contributed by atoms with E-state index >= 15 is 0 Å². The predicted molar refractivity (Wildman–Crippen MR) is 90.8 cm³/mol. The maximum absolute atomic E-state index is 11.9. The summed E-state index contributed by atoms with van der Waals surface area (Å²) in [6.45, 7) is 2.80. The first-order valence-electron chi connectivity index (χ1n) is 8.45. The largest absolute Gasteiger partial charge is 0.497 e.